The molecule has 0 radical (unpaired) electrons. The molecule has 1 aliphatic rings. The molecular weight excluding hydrogens is 389 g/mol. The average Bonchev–Trinajstić information content (AvgIpc) is 3.09. The molecule has 3 rings (SSSR count). The lowest BCUT2D eigenvalue weighted by atomic mass is 9.92. The van der Waals surface area contributed by atoms with Crippen LogP contribution in [-0.4, -0.2) is 48.1 Å². The summed E-state index contributed by atoms with van der Waals surface area (Å²) in [5, 5.41) is 15.6. The van der Waals surface area contributed by atoms with Crippen molar-refractivity contribution in [1.82, 2.24) is 10.6 Å². The van der Waals surface area contributed by atoms with E-state index in [1.165, 1.54) is 24.3 Å². The Hall–Kier alpha value is -3.26. The van der Waals surface area contributed by atoms with E-state index in [2.05, 4.69) is 10.6 Å². The summed E-state index contributed by atoms with van der Waals surface area (Å²) >= 11 is 0. The van der Waals surface area contributed by atoms with Crippen LogP contribution in [0.5, 0.6) is 0 Å². The molecule has 7 nitrogen and oxygen atoms in total. The monoisotopic (exact) mass is 413 g/mol. The third-order valence-corrected chi connectivity index (χ3v) is 5.24. The van der Waals surface area contributed by atoms with Gasteiger partial charge in [-0.15, -0.1) is 0 Å². The number of nitrogens with zero attached hydrogens (tertiary/aromatic N) is 1. The van der Waals surface area contributed by atoms with Crippen molar-refractivity contribution in [2.75, 3.05) is 24.7 Å². The summed E-state index contributed by atoms with van der Waals surface area (Å²) in [7, 11) is 0. The third-order valence-electron chi connectivity index (χ3n) is 5.24. The predicted octanol–water partition coefficient (Wildman–Crippen LogP) is 2.19. The van der Waals surface area contributed by atoms with E-state index in [1.54, 1.807) is 29.2 Å². The summed E-state index contributed by atoms with van der Waals surface area (Å²) in [5.74, 6) is -2.20. The molecule has 0 aromatic heterocycles. The standard InChI is InChI=1S/C22H24FN3O4/c23-17-10-8-16(9-11-17)19(27)7-4-13-24-14-12-22(21(29)30)20(28)25-15-26(22)18-5-2-1-3-6-18/h1-3,5-6,8-11,24H,4,7,12-15H2,(H,25,28)(H,29,30). The molecule has 0 spiro atoms. The molecule has 1 heterocycles. The molecular formula is C22H24FN3O4. The van der Waals surface area contributed by atoms with Crippen LogP contribution in [0.2, 0.25) is 0 Å². The lowest BCUT2D eigenvalue weighted by molar-refractivity contribution is -0.147. The summed E-state index contributed by atoms with van der Waals surface area (Å²) < 4.78 is 12.9. The Labute approximate surface area is 173 Å². The number of carboxylic acid groups (broad SMARTS) is 1. The van der Waals surface area contributed by atoms with Gasteiger partial charge in [-0.3, -0.25) is 9.59 Å². The van der Waals surface area contributed by atoms with Gasteiger partial charge in [-0.05, 0) is 55.9 Å². The van der Waals surface area contributed by atoms with Gasteiger partial charge in [0.05, 0.1) is 6.67 Å². The van der Waals surface area contributed by atoms with Crippen molar-refractivity contribution in [1.29, 1.82) is 0 Å². The number of anilines is 1. The van der Waals surface area contributed by atoms with Gasteiger partial charge in [-0.2, -0.15) is 0 Å². The zero-order valence-electron chi connectivity index (χ0n) is 16.4. The Morgan fingerprint density at radius 2 is 1.80 bits per heavy atom. The topological polar surface area (TPSA) is 98.7 Å². The molecule has 1 amide bonds. The molecule has 30 heavy (non-hydrogen) atoms. The number of carbonyl (C=O) groups excluding carboxylic acids is 2. The Morgan fingerprint density at radius 1 is 1.10 bits per heavy atom. The fourth-order valence-corrected chi connectivity index (χ4v) is 3.59. The molecule has 0 aliphatic carbocycles. The SMILES string of the molecule is O=C(CCCNCCC1(C(=O)O)C(=O)NCN1c1ccccc1)c1ccc(F)cc1. The highest BCUT2D eigenvalue weighted by molar-refractivity contribution is 6.12. The van der Waals surface area contributed by atoms with Crippen LogP contribution in [0.4, 0.5) is 10.1 Å². The van der Waals surface area contributed by atoms with Gasteiger partial charge in [-0.1, -0.05) is 18.2 Å². The second kappa shape index (κ2) is 9.49. The van der Waals surface area contributed by atoms with Gasteiger partial charge in [0, 0.05) is 24.1 Å². The van der Waals surface area contributed by atoms with Crippen molar-refractivity contribution in [2.45, 2.75) is 24.8 Å². The fourth-order valence-electron chi connectivity index (χ4n) is 3.59. The molecule has 1 atom stereocenters. The van der Waals surface area contributed by atoms with Crippen LogP contribution < -0.4 is 15.5 Å². The molecule has 1 saturated heterocycles. The lowest BCUT2D eigenvalue weighted by Crippen LogP contribution is -2.57. The van der Waals surface area contributed by atoms with Crippen LogP contribution in [0.3, 0.4) is 0 Å². The molecule has 1 unspecified atom stereocenters. The molecule has 0 bridgehead atoms. The number of nitrogens with one attached hydrogen (secondary N) is 2. The van der Waals surface area contributed by atoms with Gasteiger partial charge >= 0.3 is 5.97 Å². The van der Waals surface area contributed by atoms with E-state index < -0.39 is 17.4 Å². The van der Waals surface area contributed by atoms with Crippen LogP contribution in [0.1, 0.15) is 29.6 Å². The van der Waals surface area contributed by atoms with Crippen molar-refractivity contribution >= 4 is 23.3 Å². The van der Waals surface area contributed by atoms with Gasteiger partial charge in [0.1, 0.15) is 5.82 Å². The van der Waals surface area contributed by atoms with Crippen LogP contribution in [-0.2, 0) is 9.59 Å². The molecule has 8 heteroatoms. The summed E-state index contributed by atoms with van der Waals surface area (Å²) in [4.78, 5) is 38.2. The van der Waals surface area contributed by atoms with Crippen molar-refractivity contribution in [3.05, 3.63) is 66.0 Å². The van der Waals surface area contributed by atoms with Crippen LogP contribution in [0.25, 0.3) is 0 Å². The van der Waals surface area contributed by atoms with Crippen molar-refractivity contribution in [3.8, 4) is 0 Å². The Bertz CT molecular complexity index is 904. The number of ketones is 1. The molecule has 2 aromatic carbocycles. The van der Waals surface area contributed by atoms with Gasteiger partial charge in [0.2, 0.25) is 5.54 Å². The first kappa shape index (κ1) is 21.4. The maximum absolute atomic E-state index is 12.9. The smallest absolute Gasteiger partial charge is 0.339 e. The average molecular weight is 413 g/mol. The molecule has 3 N–H and O–H groups in total. The van der Waals surface area contributed by atoms with Crippen LogP contribution in [0, 0.1) is 5.82 Å². The van der Waals surface area contributed by atoms with Crippen LogP contribution >= 0.6 is 0 Å². The number of para-hydroxylation sites is 1. The number of amides is 1. The zero-order valence-corrected chi connectivity index (χ0v) is 16.4. The van der Waals surface area contributed by atoms with E-state index in [1.807, 2.05) is 6.07 Å². The van der Waals surface area contributed by atoms with E-state index >= 15 is 0 Å². The maximum Gasteiger partial charge on any atom is 0.339 e. The highest BCUT2D eigenvalue weighted by atomic mass is 19.1. The number of carboxylic acids is 1. The largest absolute Gasteiger partial charge is 0.479 e. The number of benzene rings is 2. The number of carbonyl (C=O) groups is 3. The van der Waals surface area contributed by atoms with Crippen molar-refractivity contribution < 1.29 is 23.9 Å². The van der Waals surface area contributed by atoms with Crippen molar-refractivity contribution in [2.24, 2.45) is 0 Å². The second-order valence-electron chi connectivity index (χ2n) is 7.13. The summed E-state index contributed by atoms with van der Waals surface area (Å²) in [6.07, 6.45) is 0.916. The molecule has 2 aromatic rings. The van der Waals surface area contributed by atoms with E-state index in [9.17, 15) is 23.9 Å². The minimum Gasteiger partial charge on any atom is -0.479 e. The first-order valence-corrected chi connectivity index (χ1v) is 9.79. The Balaban J connectivity index is 1.52. The van der Waals surface area contributed by atoms with Gasteiger partial charge in [-0.25, -0.2) is 9.18 Å². The Morgan fingerprint density at radius 3 is 2.47 bits per heavy atom. The highest BCUT2D eigenvalue weighted by Crippen LogP contribution is 2.30. The summed E-state index contributed by atoms with van der Waals surface area (Å²) in [6.45, 7) is 0.921. The number of Topliss-reactive ketones (excluding diaryl/α,β-unsaturated/α-hetero) is 1. The van der Waals surface area contributed by atoms with Gasteiger partial charge in [0.25, 0.3) is 5.91 Å². The second-order valence-corrected chi connectivity index (χ2v) is 7.13. The normalized spacial score (nSPS) is 18.3. The van der Waals surface area contributed by atoms with E-state index in [-0.39, 0.29) is 24.7 Å². The number of halogens is 1. The maximum atomic E-state index is 12.9. The minimum absolute atomic E-state index is 0.0783. The van der Waals surface area contributed by atoms with E-state index in [4.69, 9.17) is 0 Å². The lowest BCUT2D eigenvalue weighted by Gasteiger charge is -2.33. The Kier molecular flexibility index (Phi) is 6.79. The number of hydrogen-bond acceptors (Lipinski definition) is 5. The van der Waals surface area contributed by atoms with Crippen LogP contribution in [0.15, 0.2) is 54.6 Å². The molecule has 1 aliphatic heterocycles. The number of aliphatic carboxylic acids is 1. The minimum atomic E-state index is -1.68. The fraction of sp³-hybridized carbons (Fsp3) is 0.318. The number of hydrogen-bond donors (Lipinski definition) is 3. The summed E-state index contributed by atoms with van der Waals surface area (Å²) in [5.41, 5.74) is -0.566. The van der Waals surface area contributed by atoms with Gasteiger partial charge in [0.15, 0.2) is 5.78 Å². The predicted molar refractivity (Wildman–Crippen MR) is 110 cm³/mol. The third kappa shape index (κ3) is 4.49. The van der Waals surface area contributed by atoms with Crippen molar-refractivity contribution in [3.63, 3.8) is 0 Å². The number of rotatable bonds is 10. The van der Waals surface area contributed by atoms with Gasteiger partial charge < -0.3 is 20.6 Å². The summed E-state index contributed by atoms with van der Waals surface area (Å²) in [6, 6.07) is 14.4. The molecule has 0 saturated carbocycles. The quantitative estimate of drug-likeness (QED) is 0.314. The van der Waals surface area contributed by atoms with E-state index in [0.717, 1.165) is 0 Å². The molecule has 1 fully saturated rings. The highest BCUT2D eigenvalue weighted by Gasteiger charge is 2.55. The first-order chi connectivity index (χ1) is 14.4. The zero-order chi connectivity index (χ0) is 21.6. The molecule has 158 valence electrons. The van der Waals surface area contributed by atoms with E-state index in [0.29, 0.717) is 37.2 Å². The first-order valence-electron chi connectivity index (χ1n) is 9.79.